The summed E-state index contributed by atoms with van der Waals surface area (Å²) >= 11 is 9.41. The number of halogens is 26. The van der Waals surface area contributed by atoms with Crippen LogP contribution < -0.4 is 0 Å². The van der Waals surface area contributed by atoms with Crippen LogP contribution in [-0.4, -0.2) is 29.8 Å². The van der Waals surface area contributed by atoms with Gasteiger partial charge in [-0.05, 0) is 0 Å². The van der Waals surface area contributed by atoms with Gasteiger partial charge in [-0.25, -0.2) is 26.3 Å². The summed E-state index contributed by atoms with van der Waals surface area (Å²) in [5.41, 5.74) is -16.7. The Morgan fingerprint density at radius 1 is 0.442 bits per heavy atom. The molecule has 2 aromatic rings. The van der Waals surface area contributed by atoms with Crippen molar-refractivity contribution in [2.24, 2.45) is 0 Å². The lowest BCUT2D eigenvalue weighted by Crippen LogP contribution is -2.55. The fraction of sp³-hybridized carbons (Fsp3) is 0.261. The molecule has 3 nitrogen and oxygen atoms in total. The summed E-state index contributed by atoms with van der Waals surface area (Å²) in [7, 11) is 0. The fourth-order valence-electron chi connectivity index (χ4n) is 3.51. The first-order chi connectivity index (χ1) is 23.1. The first kappa shape index (κ1) is 44.3. The Bertz CT molecular complexity index is 1730. The summed E-state index contributed by atoms with van der Waals surface area (Å²) in [6.07, 6.45) is -23.3. The van der Waals surface area contributed by atoms with E-state index in [9.17, 15) is 92.6 Å². The van der Waals surface area contributed by atoms with Crippen molar-refractivity contribution in [2.75, 3.05) is 0 Å². The van der Waals surface area contributed by atoms with Crippen LogP contribution in [-0.2, 0) is 21.3 Å². The maximum Gasteiger partial charge on any atom is 0.473 e. The number of carbonyl (C=O) groups excluding carboxylic acids is 1. The van der Waals surface area contributed by atoms with Crippen LogP contribution in [0.2, 0.25) is 10.0 Å². The van der Waals surface area contributed by atoms with E-state index in [0.717, 1.165) is 0 Å². The SMILES string of the molecule is O=C(c1c(F)c(F)c(Cl)c(F)c1C(F)(F)C(F)(F)C(F)(F)OC(F)=C(F)F)c1c(F)c(F)c(Cl)c(F)c1C(F)(F)C(F)(F)C(F)(F)OC(F)=C(F)F. The normalized spacial score (nSPS) is 13.3. The maximum atomic E-state index is 15.0. The molecule has 0 radical (unpaired) electrons. The molecule has 0 aliphatic rings. The average Bonchev–Trinajstić information content (AvgIpc) is 3.00. The molecule has 2 rings (SSSR count). The van der Waals surface area contributed by atoms with Gasteiger partial charge in [0.05, 0.1) is 22.3 Å². The van der Waals surface area contributed by atoms with Gasteiger partial charge in [-0.2, -0.15) is 79.0 Å². The summed E-state index contributed by atoms with van der Waals surface area (Å²) in [4.78, 5) is 13.0. The van der Waals surface area contributed by atoms with Gasteiger partial charge in [-0.15, -0.1) is 0 Å². The van der Waals surface area contributed by atoms with E-state index >= 15 is 17.6 Å². The average molecular weight is 851 g/mol. The van der Waals surface area contributed by atoms with Gasteiger partial charge < -0.3 is 9.47 Å². The van der Waals surface area contributed by atoms with Gasteiger partial charge in [0.1, 0.15) is 10.0 Å². The number of hydrogen-bond donors (Lipinski definition) is 0. The van der Waals surface area contributed by atoms with E-state index in [2.05, 4.69) is 0 Å². The third kappa shape index (κ3) is 6.72. The molecule has 292 valence electrons. The summed E-state index contributed by atoms with van der Waals surface area (Å²) in [5.74, 6) is -58.0. The van der Waals surface area contributed by atoms with Crippen LogP contribution in [0.3, 0.4) is 0 Å². The van der Waals surface area contributed by atoms with Gasteiger partial charge in [0.15, 0.2) is 40.7 Å². The first-order valence-electron chi connectivity index (χ1n) is 11.4. The molecule has 0 amide bonds. The molecule has 0 spiro atoms. The fourth-order valence-corrected chi connectivity index (χ4v) is 3.87. The minimum absolute atomic E-state index is 2.00. The summed E-state index contributed by atoms with van der Waals surface area (Å²) in [6, 6.07) is -8.26. The van der Waals surface area contributed by atoms with Crippen LogP contribution in [0.4, 0.5) is 105 Å². The van der Waals surface area contributed by atoms with Crippen molar-refractivity contribution in [3.05, 3.63) is 91.4 Å². The Hall–Kier alpha value is -3.91. The van der Waals surface area contributed by atoms with Crippen molar-refractivity contribution >= 4 is 29.0 Å². The number of benzene rings is 2. The van der Waals surface area contributed by atoms with E-state index in [1.54, 1.807) is 0 Å². The van der Waals surface area contributed by atoms with Crippen LogP contribution in [0, 0.1) is 34.9 Å². The van der Waals surface area contributed by atoms with E-state index in [-0.39, 0.29) is 0 Å². The molecule has 0 N–H and O–H groups in total. The predicted molar refractivity (Wildman–Crippen MR) is 117 cm³/mol. The summed E-state index contributed by atoms with van der Waals surface area (Å²) in [6.45, 7) is 0. The molecule has 0 unspecified atom stereocenters. The van der Waals surface area contributed by atoms with Gasteiger partial charge in [0, 0.05) is 0 Å². The highest BCUT2D eigenvalue weighted by atomic mass is 35.5. The maximum absolute atomic E-state index is 15.0. The molecule has 0 aliphatic carbocycles. The van der Waals surface area contributed by atoms with E-state index in [4.69, 9.17) is 23.2 Å². The van der Waals surface area contributed by atoms with Gasteiger partial charge >= 0.3 is 60.1 Å². The number of carbonyl (C=O) groups is 1. The van der Waals surface area contributed by atoms with Gasteiger partial charge in [0.2, 0.25) is 0 Å². The van der Waals surface area contributed by atoms with E-state index < -0.39 is 133 Å². The van der Waals surface area contributed by atoms with Crippen molar-refractivity contribution in [1.29, 1.82) is 0 Å². The van der Waals surface area contributed by atoms with Crippen LogP contribution >= 0.6 is 23.2 Å². The van der Waals surface area contributed by atoms with Gasteiger partial charge in [0.25, 0.3) is 0 Å². The Morgan fingerprint density at radius 3 is 0.923 bits per heavy atom. The van der Waals surface area contributed by atoms with Crippen LogP contribution in [0.1, 0.15) is 27.0 Å². The van der Waals surface area contributed by atoms with Crippen LogP contribution in [0.5, 0.6) is 0 Å². The second-order valence-electron chi connectivity index (χ2n) is 8.94. The number of hydrogen-bond acceptors (Lipinski definition) is 3. The van der Waals surface area contributed by atoms with Crippen molar-refractivity contribution in [3.8, 4) is 0 Å². The van der Waals surface area contributed by atoms with Gasteiger partial charge in [-0.1, -0.05) is 23.2 Å². The minimum Gasteiger partial charge on any atom is -0.397 e. The van der Waals surface area contributed by atoms with Crippen LogP contribution in [0.15, 0.2) is 24.2 Å². The summed E-state index contributed by atoms with van der Waals surface area (Å²) in [5, 5.41) is -5.94. The molecule has 52 heavy (non-hydrogen) atoms. The zero-order valence-electron chi connectivity index (χ0n) is 22.6. The molecule has 0 heterocycles. The van der Waals surface area contributed by atoms with Crippen LogP contribution in [0.25, 0.3) is 0 Å². The van der Waals surface area contributed by atoms with Crippen molar-refractivity contribution in [2.45, 2.75) is 35.9 Å². The standard InChI is InChI=1S/C23Cl2F24O3/c24-5-9(28)3(18(38,39)20(42,43)22(46,47)51-16(36)14(32)33)1(7(26)11(5)30)13(50)2-4(10(29)6(25)12(31)8(2)27)19(40,41)21(44,45)23(48,49)52-17(37)15(34)35. The number of ketones is 1. The molecule has 0 saturated heterocycles. The highest BCUT2D eigenvalue weighted by molar-refractivity contribution is 6.32. The third-order valence-electron chi connectivity index (χ3n) is 5.87. The molecule has 0 fully saturated rings. The number of rotatable bonds is 12. The first-order valence-corrected chi connectivity index (χ1v) is 12.2. The van der Waals surface area contributed by atoms with E-state index in [1.807, 2.05) is 9.47 Å². The molecular weight excluding hydrogens is 851 g/mol. The number of alkyl halides is 12. The molecule has 0 aromatic heterocycles. The molecule has 2 aromatic carbocycles. The largest absolute Gasteiger partial charge is 0.473 e. The second-order valence-corrected chi connectivity index (χ2v) is 9.70. The summed E-state index contributed by atoms with van der Waals surface area (Å²) < 4.78 is 340. The monoisotopic (exact) mass is 850 g/mol. The second kappa shape index (κ2) is 13.8. The van der Waals surface area contributed by atoms with Crippen molar-refractivity contribution < 1.29 is 120 Å². The Labute approximate surface area is 276 Å². The van der Waals surface area contributed by atoms with Crippen molar-refractivity contribution in [3.63, 3.8) is 0 Å². The lowest BCUT2D eigenvalue weighted by molar-refractivity contribution is -0.397. The quantitative estimate of drug-likeness (QED) is 0.0702. The molecular formula is C23Cl2F24O3. The number of ether oxygens (including phenoxy) is 2. The highest BCUT2D eigenvalue weighted by Crippen LogP contribution is 2.57. The van der Waals surface area contributed by atoms with E-state index in [1.165, 1.54) is 0 Å². The lowest BCUT2D eigenvalue weighted by atomic mass is 9.86. The minimum atomic E-state index is -7.95. The predicted octanol–water partition coefficient (Wildman–Crippen LogP) is 11.8. The van der Waals surface area contributed by atoms with Crippen molar-refractivity contribution in [1.82, 2.24) is 0 Å². The lowest BCUT2D eigenvalue weighted by Gasteiger charge is -2.34. The smallest absolute Gasteiger partial charge is 0.397 e. The Balaban J connectivity index is 3.24. The Morgan fingerprint density at radius 2 is 0.692 bits per heavy atom. The van der Waals surface area contributed by atoms with Gasteiger partial charge in [-0.3, -0.25) is 4.79 Å². The molecule has 0 saturated carbocycles. The zero-order valence-corrected chi connectivity index (χ0v) is 24.1. The molecule has 0 aliphatic heterocycles. The third-order valence-corrected chi connectivity index (χ3v) is 6.53. The zero-order chi connectivity index (χ0) is 41.2. The molecule has 0 atom stereocenters. The Kier molecular flexibility index (Phi) is 11.8. The highest BCUT2D eigenvalue weighted by Gasteiger charge is 2.78. The molecule has 29 heteroatoms. The molecule has 0 bridgehead atoms. The topological polar surface area (TPSA) is 35.5 Å². The van der Waals surface area contributed by atoms with E-state index in [0.29, 0.717) is 0 Å².